The van der Waals surface area contributed by atoms with Crippen molar-refractivity contribution >= 4 is 0 Å². The van der Waals surface area contributed by atoms with Gasteiger partial charge in [0.15, 0.2) is 0 Å². The zero-order chi connectivity index (χ0) is 13.0. The smallest absolute Gasteiger partial charge is 0.244 e. The Morgan fingerprint density at radius 2 is 1.83 bits per heavy atom. The Hall–Kier alpha value is -1.68. The standard InChI is InChI=1S/C14H19N3O/c1-4-17(5-2)11(3)14-15-13(16-18-14)12-9-7-6-8-10-12/h6-11H,4-5H2,1-3H3. The summed E-state index contributed by atoms with van der Waals surface area (Å²) in [4.78, 5) is 6.76. The molecule has 1 unspecified atom stereocenters. The van der Waals surface area contributed by atoms with E-state index in [9.17, 15) is 0 Å². The van der Waals surface area contributed by atoms with Gasteiger partial charge < -0.3 is 4.52 Å². The number of benzene rings is 1. The van der Waals surface area contributed by atoms with Crippen molar-refractivity contribution in [2.24, 2.45) is 0 Å². The first kappa shape index (κ1) is 12.8. The summed E-state index contributed by atoms with van der Waals surface area (Å²) in [5, 5.41) is 4.05. The van der Waals surface area contributed by atoms with E-state index in [1.54, 1.807) is 0 Å². The largest absolute Gasteiger partial charge is 0.337 e. The summed E-state index contributed by atoms with van der Waals surface area (Å²) in [7, 11) is 0. The highest BCUT2D eigenvalue weighted by Gasteiger charge is 2.19. The summed E-state index contributed by atoms with van der Waals surface area (Å²) in [6, 6.07) is 10.0. The van der Waals surface area contributed by atoms with Crippen LogP contribution < -0.4 is 0 Å². The summed E-state index contributed by atoms with van der Waals surface area (Å²) in [6.45, 7) is 8.31. The average Bonchev–Trinajstić information content (AvgIpc) is 2.90. The molecule has 0 radical (unpaired) electrons. The van der Waals surface area contributed by atoms with E-state index in [1.807, 2.05) is 30.3 Å². The second-order valence-electron chi connectivity index (χ2n) is 4.22. The van der Waals surface area contributed by atoms with Crippen LogP contribution in [0.1, 0.15) is 32.7 Å². The molecule has 0 saturated heterocycles. The highest BCUT2D eigenvalue weighted by molar-refractivity contribution is 5.53. The third-order valence-electron chi connectivity index (χ3n) is 3.19. The highest BCUT2D eigenvalue weighted by atomic mass is 16.5. The Morgan fingerprint density at radius 1 is 1.17 bits per heavy atom. The molecule has 4 heteroatoms. The molecule has 0 spiro atoms. The van der Waals surface area contributed by atoms with Gasteiger partial charge in [0.2, 0.25) is 11.7 Å². The molecule has 0 fully saturated rings. The van der Waals surface area contributed by atoms with Crippen LogP contribution in [0.5, 0.6) is 0 Å². The predicted octanol–water partition coefficient (Wildman–Crippen LogP) is 3.14. The lowest BCUT2D eigenvalue weighted by molar-refractivity contribution is 0.190. The predicted molar refractivity (Wildman–Crippen MR) is 71.1 cm³/mol. The maximum Gasteiger partial charge on any atom is 0.244 e. The monoisotopic (exact) mass is 245 g/mol. The van der Waals surface area contributed by atoms with Gasteiger partial charge in [0, 0.05) is 5.56 Å². The van der Waals surface area contributed by atoms with E-state index >= 15 is 0 Å². The van der Waals surface area contributed by atoms with E-state index in [4.69, 9.17) is 4.52 Å². The summed E-state index contributed by atoms with van der Waals surface area (Å²) in [6.07, 6.45) is 0. The van der Waals surface area contributed by atoms with Crippen molar-refractivity contribution in [1.29, 1.82) is 0 Å². The molecule has 0 aliphatic carbocycles. The topological polar surface area (TPSA) is 42.2 Å². The van der Waals surface area contributed by atoms with Crippen molar-refractivity contribution in [3.8, 4) is 11.4 Å². The molecule has 1 atom stereocenters. The molecule has 18 heavy (non-hydrogen) atoms. The molecule has 0 aliphatic rings. The Kier molecular flexibility index (Phi) is 4.10. The highest BCUT2D eigenvalue weighted by Crippen LogP contribution is 2.21. The summed E-state index contributed by atoms with van der Waals surface area (Å²) in [5.41, 5.74) is 0.985. The molecule has 0 aliphatic heterocycles. The van der Waals surface area contributed by atoms with Crippen LogP contribution in [0, 0.1) is 0 Å². The molecule has 2 aromatic rings. The van der Waals surface area contributed by atoms with Gasteiger partial charge in [0.1, 0.15) is 0 Å². The summed E-state index contributed by atoms with van der Waals surface area (Å²) in [5.74, 6) is 1.34. The van der Waals surface area contributed by atoms with Crippen LogP contribution in [0.2, 0.25) is 0 Å². The lowest BCUT2D eigenvalue weighted by Gasteiger charge is -2.22. The molecule has 2 rings (SSSR count). The van der Waals surface area contributed by atoms with E-state index in [-0.39, 0.29) is 6.04 Å². The van der Waals surface area contributed by atoms with E-state index < -0.39 is 0 Å². The van der Waals surface area contributed by atoms with Crippen LogP contribution in [0.25, 0.3) is 11.4 Å². The second kappa shape index (κ2) is 5.78. The molecule has 0 bridgehead atoms. The van der Waals surface area contributed by atoms with Gasteiger partial charge in [0.25, 0.3) is 0 Å². The molecule has 1 heterocycles. The minimum absolute atomic E-state index is 0.157. The number of nitrogens with zero attached hydrogens (tertiary/aromatic N) is 3. The third-order valence-corrected chi connectivity index (χ3v) is 3.19. The molecule has 1 aromatic heterocycles. The van der Waals surface area contributed by atoms with Crippen LogP contribution in [0.4, 0.5) is 0 Å². The van der Waals surface area contributed by atoms with Crippen LogP contribution >= 0.6 is 0 Å². The van der Waals surface area contributed by atoms with Crippen molar-refractivity contribution in [2.75, 3.05) is 13.1 Å². The van der Waals surface area contributed by atoms with E-state index in [0.29, 0.717) is 11.7 Å². The summed E-state index contributed by atoms with van der Waals surface area (Å²) >= 11 is 0. The van der Waals surface area contributed by atoms with Gasteiger partial charge in [-0.3, -0.25) is 4.90 Å². The Labute approximate surface area is 108 Å². The maximum atomic E-state index is 5.36. The van der Waals surface area contributed by atoms with Gasteiger partial charge in [0.05, 0.1) is 6.04 Å². The van der Waals surface area contributed by atoms with E-state index in [0.717, 1.165) is 18.7 Å². The first-order valence-corrected chi connectivity index (χ1v) is 6.39. The lowest BCUT2D eigenvalue weighted by Crippen LogP contribution is -2.26. The first-order chi connectivity index (χ1) is 8.76. The minimum Gasteiger partial charge on any atom is -0.337 e. The normalized spacial score (nSPS) is 12.9. The SMILES string of the molecule is CCN(CC)C(C)c1nc(-c2ccccc2)no1. The molecular formula is C14H19N3O. The van der Waals surface area contributed by atoms with Crippen molar-refractivity contribution < 1.29 is 4.52 Å². The number of rotatable bonds is 5. The molecule has 0 saturated carbocycles. The quantitative estimate of drug-likeness (QED) is 0.811. The van der Waals surface area contributed by atoms with Crippen molar-refractivity contribution in [2.45, 2.75) is 26.8 Å². The fourth-order valence-corrected chi connectivity index (χ4v) is 2.04. The maximum absolute atomic E-state index is 5.36. The Balaban J connectivity index is 2.20. The van der Waals surface area contributed by atoms with Crippen LogP contribution in [-0.4, -0.2) is 28.1 Å². The van der Waals surface area contributed by atoms with Crippen LogP contribution in [0.15, 0.2) is 34.9 Å². The molecular weight excluding hydrogens is 226 g/mol. The fraction of sp³-hybridized carbons (Fsp3) is 0.429. The average molecular weight is 245 g/mol. The fourth-order valence-electron chi connectivity index (χ4n) is 2.04. The molecule has 0 amide bonds. The molecule has 0 N–H and O–H groups in total. The van der Waals surface area contributed by atoms with Crippen molar-refractivity contribution in [1.82, 2.24) is 15.0 Å². The van der Waals surface area contributed by atoms with Gasteiger partial charge in [-0.1, -0.05) is 49.3 Å². The zero-order valence-corrected chi connectivity index (χ0v) is 11.1. The number of hydrogen-bond donors (Lipinski definition) is 0. The van der Waals surface area contributed by atoms with Crippen LogP contribution in [0.3, 0.4) is 0 Å². The Morgan fingerprint density at radius 3 is 2.44 bits per heavy atom. The lowest BCUT2D eigenvalue weighted by atomic mass is 10.2. The van der Waals surface area contributed by atoms with Crippen molar-refractivity contribution in [3.63, 3.8) is 0 Å². The Bertz CT molecular complexity index is 477. The van der Waals surface area contributed by atoms with Crippen molar-refractivity contribution in [3.05, 3.63) is 36.2 Å². The van der Waals surface area contributed by atoms with Gasteiger partial charge in [-0.05, 0) is 20.0 Å². The molecule has 4 nitrogen and oxygen atoms in total. The van der Waals surface area contributed by atoms with Gasteiger partial charge >= 0.3 is 0 Å². The minimum atomic E-state index is 0.157. The first-order valence-electron chi connectivity index (χ1n) is 6.39. The summed E-state index contributed by atoms with van der Waals surface area (Å²) < 4.78 is 5.36. The molecule has 96 valence electrons. The third kappa shape index (κ3) is 2.59. The van der Waals surface area contributed by atoms with Gasteiger partial charge in [-0.15, -0.1) is 0 Å². The van der Waals surface area contributed by atoms with E-state index in [2.05, 4.69) is 35.8 Å². The molecule has 1 aromatic carbocycles. The second-order valence-corrected chi connectivity index (χ2v) is 4.22. The van der Waals surface area contributed by atoms with Gasteiger partial charge in [-0.2, -0.15) is 4.98 Å². The zero-order valence-electron chi connectivity index (χ0n) is 11.1. The van der Waals surface area contributed by atoms with E-state index in [1.165, 1.54) is 0 Å². The van der Waals surface area contributed by atoms with Crippen LogP contribution in [-0.2, 0) is 0 Å². The number of aromatic nitrogens is 2. The van der Waals surface area contributed by atoms with Gasteiger partial charge in [-0.25, -0.2) is 0 Å². The number of hydrogen-bond acceptors (Lipinski definition) is 4.